The Kier molecular flexibility index (Phi) is 2.72. The van der Waals surface area contributed by atoms with Gasteiger partial charge in [0.2, 0.25) is 0 Å². The van der Waals surface area contributed by atoms with Crippen molar-refractivity contribution in [3.8, 4) is 0 Å². The molecule has 1 aromatic carbocycles. The molecule has 78 valence electrons. The predicted octanol–water partition coefficient (Wildman–Crippen LogP) is 2.35. The molecule has 2 N–H and O–H groups in total. The molecule has 0 radical (unpaired) electrons. The van der Waals surface area contributed by atoms with Crippen molar-refractivity contribution in [2.24, 2.45) is 0 Å². The van der Waals surface area contributed by atoms with Gasteiger partial charge >= 0.3 is 0 Å². The molecule has 15 heavy (non-hydrogen) atoms. The molecule has 1 aromatic heterocycles. The van der Waals surface area contributed by atoms with E-state index in [-0.39, 0.29) is 0 Å². The lowest BCUT2D eigenvalue weighted by molar-refractivity contribution is 0.386. The largest absolute Gasteiger partial charge is 0.381 e. The van der Waals surface area contributed by atoms with Gasteiger partial charge in [0.25, 0.3) is 0 Å². The first-order valence-corrected chi connectivity index (χ1v) is 5.00. The maximum Gasteiger partial charge on any atom is 0.167 e. The summed E-state index contributed by atoms with van der Waals surface area (Å²) in [5, 5.41) is 3.65. The number of nitrogens with two attached hydrogens (primary N) is 1. The molecule has 3 heteroatoms. The van der Waals surface area contributed by atoms with Crippen molar-refractivity contribution in [1.29, 1.82) is 0 Å². The predicted molar refractivity (Wildman–Crippen MR) is 59.5 cm³/mol. The second-order valence-corrected chi connectivity index (χ2v) is 3.71. The lowest BCUT2D eigenvalue weighted by atomic mass is 10.1. The van der Waals surface area contributed by atoms with E-state index in [1.54, 1.807) is 6.07 Å². The molecule has 0 saturated heterocycles. The van der Waals surface area contributed by atoms with Crippen LogP contribution in [0.5, 0.6) is 0 Å². The normalized spacial score (nSPS) is 10.5. The zero-order valence-electron chi connectivity index (χ0n) is 8.73. The van der Waals surface area contributed by atoms with Gasteiger partial charge in [-0.05, 0) is 18.9 Å². The molecule has 0 aliphatic rings. The van der Waals surface area contributed by atoms with Crippen LogP contribution in [-0.4, -0.2) is 5.16 Å². The molecule has 2 aromatic rings. The summed E-state index contributed by atoms with van der Waals surface area (Å²) in [4.78, 5) is 0. The third-order valence-corrected chi connectivity index (χ3v) is 2.32. The van der Waals surface area contributed by atoms with Crippen molar-refractivity contribution in [2.45, 2.75) is 19.8 Å². The van der Waals surface area contributed by atoms with Crippen LogP contribution >= 0.6 is 0 Å². The van der Waals surface area contributed by atoms with Crippen molar-refractivity contribution in [3.05, 3.63) is 47.2 Å². The van der Waals surface area contributed by atoms with E-state index in [2.05, 4.69) is 36.3 Å². The lowest BCUT2D eigenvalue weighted by Gasteiger charge is -1.99. The van der Waals surface area contributed by atoms with Gasteiger partial charge in [-0.3, -0.25) is 0 Å². The van der Waals surface area contributed by atoms with Crippen molar-refractivity contribution in [2.75, 3.05) is 5.73 Å². The van der Waals surface area contributed by atoms with Gasteiger partial charge in [-0.25, -0.2) is 0 Å². The number of aryl methyl sites for hydroxylation is 3. The Morgan fingerprint density at radius 1 is 1.27 bits per heavy atom. The van der Waals surface area contributed by atoms with Crippen LogP contribution < -0.4 is 5.73 Å². The van der Waals surface area contributed by atoms with Crippen LogP contribution in [0, 0.1) is 6.92 Å². The molecule has 0 saturated carbocycles. The quantitative estimate of drug-likeness (QED) is 0.831. The van der Waals surface area contributed by atoms with E-state index in [1.807, 2.05) is 0 Å². The van der Waals surface area contributed by atoms with Crippen LogP contribution in [0.2, 0.25) is 0 Å². The summed E-state index contributed by atoms with van der Waals surface area (Å²) in [6.07, 6.45) is 1.80. The molecule has 2 rings (SSSR count). The Hall–Kier alpha value is -1.77. The van der Waals surface area contributed by atoms with Crippen LogP contribution in [0.15, 0.2) is 34.9 Å². The highest BCUT2D eigenvalue weighted by Crippen LogP contribution is 2.10. The Bertz CT molecular complexity index is 448. The van der Waals surface area contributed by atoms with Crippen molar-refractivity contribution in [3.63, 3.8) is 0 Å². The molecule has 0 atom stereocenters. The molecule has 0 unspecified atom stereocenters. The number of rotatable bonds is 3. The highest BCUT2D eigenvalue weighted by molar-refractivity contribution is 5.27. The van der Waals surface area contributed by atoms with Gasteiger partial charge in [-0.2, -0.15) is 0 Å². The fraction of sp³-hybridized carbons (Fsp3) is 0.250. The summed E-state index contributed by atoms with van der Waals surface area (Å²) in [6, 6.07) is 10.2. The van der Waals surface area contributed by atoms with E-state index in [0.717, 1.165) is 18.6 Å². The van der Waals surface area contributed by atoms with E-state index in [1.165, 1.54) is 11.1 Å². The number of aromatic nitrogens is 1. The van der Waals surface area contributed by atoms with Crippen molar-refractivity contribution >= 4 is 5.82 Å². The Balaban J connectivity index is 1.99. The minimum atomic E-state index is 0.453. The van der Waals surface area contributed by atoms with Crippen molar-refractivity contribution < 1.29 is 4.52 Å². The number of nitrogen functional groups attached to an aromatic ring is 1. The maximum absolute atomic E-state index is 5.47. The van der Waals surface area contributed by atoms with Gasteiger partial charge in [0.05, 0.1) is 0 Å². The molecular formula is C12H14N2O. The molecule has 3 nitrogen and oxygen atoms in total. The summed E-state index contributed by atoms with van der Waals surface area (Å²) >= 11 is 0. The number of nitrogens with zero attached hydrogens (tertiary/aromatic N) is 1. The average molecular weight is 202 g/mol. The van der Waals surface area contributed by atoms with E-state index < -0.39 is 0 Å². The molecule has 0 bridgehead atoms. The summed E-state index contributed by atoms with van der Waals surface area (Å²) in [5.41, 5.74) is 8.06. The number of hydrogen-bond donors (Lipinski definition) is 1. The van der Waals surface area contributed by atoms with Gasteiger partial charge in [0.15, 0.2) is 5.82 Å². The van der Waals surface area contributed by atoms with E-state index in [4.69, 9.17) is 10.3 Å². The minimum Gasteiger partial charge on any atom is -0.381 e. The standard InChI is InChI=1S/C12H14N2O/c1-9-3-2-4-10(7-9)5-6-11-8-12(13)14-15-11/h2-4,7-8H,5-6H2,1H3,(H2,13,14). The third-order valence-electron chi connectivity index (χ3n) is 2.32. The monoisotopic (exact) mass is 202 g/mol. The molecule has 1 heterocycles. The molecule has 0 fully saturated rings. The maximum atomic E-state index is 5.47. The number of hydrogen-bond acceptors (Lipinski definition) is 3. The molecular weight excluding hydrogens is 188 g/mol. The molecule has 0 spiro atoms. The molecule has 0 aliphatic heterocycles. The molecule has 0 amide bonds. The van der Waals surface area contributed by atoms with Crippen LogP contribution in [0.25, 0.3) is 0 Å². The minimum absolute atomic E-state index is 0.453. The summed E-state index contributed by atoms with van der Waals surface area (Å²) in [6.45, 7) is 2.09. The van der Waals surface area contributed by atoms with Gasteiger partial charge in [-0.1, -0.05) is 35.0 Å². The van der Waals surface area contributed by atoms with Gasteiger partial charge in [0.1, 0.15) is 5.76 Å². The zero-order valence-corrected chi connectivity index (χ0v) is 8.73. The third kappa shape index (κ3) is 2.59. The fourth-order valence-electron chi connectivity index (χ4n) is 1.58. The second-order valence-electron chi connectivity index (χ2n) is 3.71. The topological polar surface area (TPSA) is 52.0 Å². The fourth-order valence-corrected chi connectivity index (χ4v) is 1.58. The van der Waals surface area contributed by atoms with Crippen molar-refractivity contribution in [1.82, 2.24) is 5.16 Å². The van der Waals surface area contributed by atoms with E-state index >= 15 is 0 Å². The van der Waals surface area contributed by atoms with E-state index in [0.29, 0.717) is 5.82 Å². The first-order chi connectivity index (χ1) is 7.24. The molecule has 0 aliphatic carbocycles. The number of benzene rings is 1. The van der Waals surface area contributed by atoms with Crippen LogP contribution in [0.4, 0.5) is 5.82 Å². The van der Waals surface area contributed by atoms with Gasteiger partial charge in [-0.15, -0.1) is 0 Å². The number of anilines is 1. The summed E-state index contributed by atoms with van der Waals surface area (Å²) in [5.74, 6) is 1.29. The smallest absolute Gasteiger partial charge is 0.167 e. The summed E-state index contributed by atoms with van der Waals surface area (Å²) in [7, 11) is 0. The van der Waals surface area contributed by atoms with Crippen LogP contribution in [-0.2, 0) is 12.8 Å². The second kappa shape index (κ2) is 4.17. The summed E-state index contributed by atoms with van der Waals surface area (Å²) < 4.78 is 5.04. The highest BCUT2D eigenvalue weighted by atomic mass is 16.5. The zero-order chi connectivity index (χ0) is 10.7. The SMILES string of the molecule is Cc1cccc(CCc2cc(N)no2)c1. The average Bonchev–Trinajstić information content (AvgIpc) is 2.62. The lowest BCUT2D eigenvalue weighted by Crippen LogP contribution is -1.90. The Morgan fingerprint density at radius 3 is 2.80 bits per heavy atom. The Labute approximate surface area is 88.9 Å². The highest BCUT2D eigenvalue weighted by Gasteiger charge is 2.01. The van der Waals surface area contributed by atoms with Gasteiger partial charge in [0, 0.05) is 12.5 Å². The first-order valence-electron chi connectivity index (χ1n) is 5.00. The first kappa shape index (κ1) is 9.77. The van der Waals surface area contributed by atoms with Crippen LogP contribution in [0.3, 0.4) is 0 Å². The van der Waals surface area contributed by atoms with Gasteiger partial charge < -0.3 is 10.3 Å². The Morgan fingerprint density at radius 2 is 2.13 bits per heavy atom. The van der Waals surface area contributed by atoms with E-state index in [9.17, 15) is 0 Å². The van der Waals surface area contributed by atoms with Crippen LogP contribution in [0.1, 0.15) is 16.9 Å².